The van der Waals surface area contributed by atoms with Crippen LogP contribution in [-0.2, 0) is 6.61 Å². The normalized spacial score (nSPS) is 9.68. The number of nitrogens with one attached hydrogen (secondary N) is 1. The van der Waals surface area contributed by atoms with Crippen LogP contribution >= 0.6 is 12.4 Å². The van der Waals surface area contributed by atoms with E-state index in [4.69, 9.17) is 15.9 Å². The Balaban J connectivity index is 0.00000242. The van der Waals surface area contributed by atoms with Crippen molar-refractivity contribution < 1.29 is 14.1 Å². The van der Waals surface area contributed by atoms with Crippen LogP contribution in [0.1, 0.15) is 11.1 Å². The van der Waals surface area contributed by atoms with E-state index in [-0.39, 0.29) is 41.8 Å². The number of hydrogen-bond donors (Lipinski definition) is 2. The van der Waals surface area contributed by atoms with Crippen LogP contribution in [0.15, 0.2) is 42.5 Å². The molecule has 0 aromatic heterocycles. The van der Waals surface area contributed by atoms with Gasteiger partial charge in [0, 0.05) is 11.6 Å². The van der Waals surface area contributed by atoms with Gasteiger partial charge in [0.25, 0.3) is 5.69 Å². The molecule has 0 aliphatic heterocycles. The minimum atomic E-state index is -0.679. The second kappa shape index (κ2) is 7.37. The summed E-state index contributed by atoms with van der Waals surface area (Å²) in [6.45, 7) is -0.131. The minimum Gasteiger partial charge on any atom is -0.486 e. The Labute approximate surface area is 131 Å². The van der Waals surface area contributed by atoms with Crippen LogP contribution in [0.4, 0.5) is 10.1 Å². The van der Waals surface area contributed by atoms with Crippen molar-refractivity contribution in [2.75, 3.05) is 0 Å². The summed E-state index contributed by atoms with van der Waals surface area (Å²) in [5.41, 5.74) is 5.75. The molecule has 0 radical (unpaired) electrons. The molecular weight excluding hydrogens is 313 g/mol. The number of rotatable bonds is 5. The number of hydrogen-bond acceptors (Lipinski definition) is 4. The maximum absolute atomic E-state index is 13.8. The molecule has 2 rings (SSSR count). The molecule has 116 valence electrons. The van der Waals surface area contributed by atoms with Crippen molar-refractivity contribution in [1.29, 1.82) is 5.41 Å². The number of nitro benzene ring substituents is 1. The van der Waals surface area contributed by atoms with Crippen LogP contribution in [0, 0.1) is 21.3 Å². The van der Waals surface area contributed by atoms with E-state index in [1.54, 1.807) is 18.2 Å². The van der Waals surface area contributed by atoms with Gasteiger partial charge in [-0.25, -0.2) is 4.39 Å². The zero-order chi connectivity index (χ0) is 15.4. The number of amidine groups is 1. The van der Waals surface area contributed by atoms with Gasteiger partial charge >= 0.3 is 0 Å². The second-order valence-electron chi connectivity index (χ2n) is 4.23. The summed E-state index contributed by atoms with van der Waals surface area (Å²) in [5.74, 6) is -0.987. The summed E-state index contributed by atoms with van der Waals surface area (Å²) < 4.78 is 19.0. The van der Waals surface area contributed by atoms with Gasteiger partial charge in [0.15, 0.2) is 11.6 Å². The number of ether oxygens (including phenoxy) is 1. The molecule has 8 heteroatoms. The minimum absolute atomic E-state index is 0. The SMILES string of the molecule is Cl.N=C(N)c1ccc(OCc2ccccc2[N+](=O)[O-])c(F)c1. The molecule has 0 amide bonds. The van der Waals surface area contributed by atoms with Crippen LogP contribution in [-0.4, -0.2) is 10.8 Å². The molecule has 0 aliphatic carbocycles. The number of para-hydroxylation sites is 1. The highest BCUT2D eigenvalue weighted by Crippen LogP contribution is 2.23. The maximum atomic E-state index is 13.8. The molecule has 22 heavy (non-hydrogen) atoms. The Kier molecular flexibility index (Phi) is 5.82. The van der Waals surface area contributed by atoms with Crippen molar-refractivity contribution in [3.05, 3.63) is 69.5 Å². The third-order valence-electron chi connectivity index (χ3n) is 2.81. The highest BCUT2D eigenvalue weighted by atomic mass is 35.5. The van der Waals surface area contributed by atoms with Crippen molar-refractivity contribution in [3.63, 3.8) is 0 Å². The number of benzene rings is 2. The summed E-state index contributed by atoms with van der Waals surface area (Å²) in [7, 11) is 0. The molecule has 0 atom stereocenters. The first kappa shape index (κ1) is 17.4. The maximum Gasteiger partial charge on any atom is 0.276 e. The van der Waals surface area contributed by atoms with E-state index in [1.165, 1.54) is 18.2 Å². The number of nitrogens with two attached hydrogens (primary N) is 1. The molecule has 0 aliphatic rings. The van der Waals surface area contributed by atoms with E-state index in [0.29, 0.717) is 5.56 Å². The van der Waals surface area contributed by atoms with Gasteiger partial charge in [0.2, 0.25) is 0 Å². The molecule has 0 saturated heterocycles. The van der Waals surface area contributed by atoms with Crippen molar-refractivity contribution in [1.82, 2.24) is 0 Å². The van der Waals surface area contributed by atoms with Crippen molar-refractivity contribution in [2.24, 2.45) is 5.73 Å². The van der Waals surface area contributed by atoms with Crippen molar-refractivity contribution in [2.45, 2.75) is 6.61 Å². The molecule has 3 N–H and O–H groups in total. The van der Waals surface area contributed by atoms with E-state index in [9.17, 15) is 14.5 Å². The van der Waals surface area contributed by atoms with Gasteiger partial charge in [-0.1, -0.05) is 12.1 Å². The molecular formula is C14H13ClFN3O3. The van der Waals surface area contributed by atoms with Crippen molar-refractivity contribution >= 4 is 23.9 Å². The number of halogens is 2. The van der Waals surface area contributed by atoms with Crippen LogP contribution in [0.25, 0.3) is 0 Å². The predicted molar refractivity (Wildman–Crippen MR) is 82.1 cm³/mol. The average Bonchev–Trinajstić information content (AvgIpc) is 2.46. The summed E-state index contributed by atoms with van der Waals surface area (Å²) in [6, 6.07) is 9.94. The molecule has 0 bridgehead atoms. The Morgan fingerprint density at radius 2 is 2.00 bits per heavy atom. The van der Waals surface area contributed by atoms with Crippen molar-refractivity contribution in [3.8, 4) is 5.75 Å². The molecule has 0 heterocycles. The number of nitro groups is 1. The van der Waals surface area contributed by atoms with Crippen LogP contribution in [0.5, 0.6) is 5.75 Å². The predicted octanol–water partition coefficient (Wildman–Crippen LogP) is 3.02. The first-order chi connectivity index (χ1) is 9.99. The lowest BCUT2D eigenvalue weighted by atomic mass is 10.2. The molecule has 2 aromatic rings. The number of nitrogens with zero attached hydrogens (tertiary/aromatic N) is 1. The van der Waals surface area contributed by atoms with E-state index in [1.807, 2.05) is 0 Å². The van der Waals surface area contributed by atoms with E-state index >= 15 is 0 Å². The molecule has 0 unspecified atom stereocenters. The quantitative estimate of drug-likeness (QED) is 0.382. The summed E-state index contributed by atoms with van der Waals surface area (Å²) >= 11 is 0. The highest BCUT2D eigenvalue weighted by Gasteiger charge is 2.14. The van der Waals surface area contributed by atoms with Gasteiger partial charge < -0.3 is 10.5 Å². The van der Waals surface area contributed by atoms with Gasteiger partial charge in [0.05, 0.1) is 10.5 Å². The van der Waals surface area contributed by atoms with Gasteiger partial charge in [0.1, 0.15) is 12.4 Å². The monoisotopic (exact) mass is 325 g/mol. The molecule has 0 fully saturated rings. The fourth-order valence-corrected chi connectivity index (χ4v) is 1.75. The zero-order valence-electron chi connectivity index (χ0n) is 11.3. The van der Waals surface area contributed by atoms with E-state index in [0.717, 1.165) is 6.07 Å². The second-order valence-corrected chi connectivity index (χ2v) is 4.23. The van der Waals surface area contributed by atoms with Crippen LogP contribution < -0.4 is 10.5 Å². The average molecular weight is 326 g/mol. The lowest BCUT2D eigenvalue weighted by molar-refractivity contribution is -0.385. The summed E-state index contributed by atoms with van der Waals surface area (Å²) in [4.78, 5) is 10.3. The zero-order valence-corrected chi connectivity index (χ0v) is 12.1. The Hall–Kier alpha value is -2.67. The van der Waals surface area contributed by atoms with Gasteiger partial charge in [-0.3, -0.25) is 15.5 Å². The van der Waals surface area contributed by atoms with Gasteiger partial charge in [-0.2, -0.15) is 0 Å². The molecule has 0 saturated carbocycles. The highest BCUT2D eigenvalue weighted by molar-refractivity contribution is 5.95. The van der Waals surface area contributed by atoms with Crippen LogP contribution in [0.3, 0.4) is 0 Å². The fourth-order valence-electron chi connectivity index (χ4n) is 1.75. The number of nitrogen functional groups attached to an aromatic ring is 1. The molecule has 0 spiro atoms. The Morgan fingerprint density at radius 3 is 2.59 bits per heavy atom. The first-order valence-electron chi connectivity index (χ1n) is 5.98. The largest absolute Gasteiger partial charge is 0.486 e. The Bertz CT molecular complexity index is 709. The lowest BCUT2D eigenvalue weighted by Gasteiger charge is -2.08. The first-order valence-corrected chi connectivity index (χ1v) is 5.98. The molecule has 6 nitrogen and oxygen atoms in total. The Morgan fingerprint density at radius 1 is 1.32 bits per heavy atom. The third-order valence-corrected chi connectivity index (χ3v) is 2.81. The van der Waals surface area contributed by atoms with Crippen LogP contribution in [0.2, 0.25) is 0 Å². The topological polar surface area (TPSA) is 102 Å². The smallest absolute Gasteiger partial charge is 0.276 e. The van der Waals surface area contributed by atoms with E-state index < -0.39 is 10.7 Å². The third kappa shape index (κ3) is 3.92. The van der Waals surface area contributed by atoms with E-state index in [2.05, 4.69) is 0 Å². The summed E-state index contributed by atoms with van der Waals surface area (Å²) in [6.07, 6.45) is 0. The fraction of sp³-hybridized carbons (Fsp3) is 0.0714. The lowest BCUT2D eigenvalue weighted by Crippen LogP contribution is -2.11. The standard InChI is InChI=1S/C14H12FN3O3.ClH/c15-11-7-9(14(16)17)5-6-13(11)21-8-10-3-1-2-4-12(10)18(19)20;/h1-7H,8H2,(H3,16,17);1H. The summed E-state index contributed by atoms with van der Waals surface area (Å²) in [5, 5.41) is 18.1. The molecule has 2 aromatic carbocycles. The van der Waals surface area contributed by atoms with Gasteiger partial charge in [-0.05, 0) is 24.3 Å². The van der Waals surface area contributed by atoms with Gasteiger partial charge in [-0.15, -0.1) is 12.4 Å².